The molecule has 1 N–H and O–H groups in total. The van der Waals surface area contributed by atoms with E-state index in [1.165, 1.54) is 41.4 Å². The topological polar surface area (TPSA) is 81.8 Å². The number of amides is 1. The van der Waals surface area contributed by atoms with Gasteiger partial charge in [-0.2, -0.15) is 4.73 Å². The van der Waals surface area contributed by atoms with Crippen molar-refractivity contribution in [3.8, 4) is 10.6 Å². The normalized spacial score (nSPS) is 10.8. The summed E-state index contributed by atoms with van der Waals surface area (Å²) in [6, 6.07) is 11.1. The van der Waals surface area contributed by atoms with Crippen LogP contribution in [0.4, 0.5) is 5.13 Å². The Kier molecular flexibility index (Phi) is 4.52. The zero-order valence-corrected chi connectivity index (χ0v) is 14.1. The molecule has 0 bridgehead atoms. The Morgan fingerprint density at radius 1 is 1.12 bits per heavy atom. The standard InChI is InChI=1S/C17H16N4O2S/c1-11(2)12-3-5-14(6-4-12)16-19-20-17(24-16)18-15(22)13-7-9-21(23)10-8-13/h3-11H,1-2H3,(H,18,20,22). The summed E-state index contributed by atoms with van der Waals surface area (Å²) in [7, 11) is 0. The van der Waals surface area contributed by atoms with Crippen LogP contribution in [0.3, 0.4) is 0 Å². The molecule has 0 aliphatic carbocycles. The van der Waals surface area contributed by atoms with E-state index >= 15 is 0 Å². The minimum atomic E-state index is -0.326. The van der Waals surface area contributed by atoms with Gasteiger partial charge in [0, 0.05) is 17.7 Å². The van der Waals surface area contributed by atoms with E-state index in [1.54, 1.807) is 0 Å². The summed E-state index contributed by atoms with van der Waals surface area (Å²) >= 11 is 1.31. The maximum Gasteiger partial charge on any atom is 0.257 e. The molecule has 0 aliphatic heterocycles. The van der Waals surface area contributed by atoms with Crippen molar-refractivity contribution in [1.29, 1.82) is 0 Å². The number of pyridine rings is 1. The first-order chi connectivity index (χ1) is 11.5. The number of hydrogen-bond acceptors (Lipinski definition) is 5. The van der Waals surface area contributed by atoms with Crippen LogP contribution in [0.5, 0.6) is 0 Å². The molecule has 2 aromatic heterocycles. The Balaban J connectivity index is 1.73. The highest BCUT2D eigenvalue weighted by Crippen LogP contribution is 2.27. The van der Waals surface area contributed by atoms with E-state index in [0.29, 0.717) is 21.3 Å². The molecule has 0 atom stereocenters. The van der Waals surface area contributed by atoms with Crippen LogP contribution in [0.1, 0.15) is 35.7 Å². The quantitative estimate of drug-likeness (QED) is 0.584. The smallest absolute Gasteiger partial charge is 0.257 e. The maximum absolute atomic E-state index is 12.1. The first-order valence-corrected chi connectivity index (χ1v) is 8.28. The molecule has 1 amide bonds. The lowest BCUT2D eigenvalue weighted by Crippen LogP contribution is -2.25. The van der Waals surface area contributed by atoms with Crippen LogP contribution in [0.15, 0.2) is 48.8 Å². The molecule has 1 aromatic carbocycles. The van der Waals surface area contributed by atoms with E-state index in [9.17, 15) is 10.0 Å². The molecular formula is C17H16N4O2S. The van der Waals surface area contributed by atoms with Crippen LogP contribution in [-0.4, -0.2) is 16.1 Å². The van der Waals surface area contributed by atoms with E-state index in [1.807, 2.05) is 12.1 Å². The lowest BCUT2D eigenvalue weighted by Gasteiger charge is -2.04. The fourth-order valence-corrected chi connectivity index (χ4v) is 2.88. The van der Waals surface area contributed by atoms with Crippen molar-refractivity contribution in [2.45, 2.75) is 19.8 Å². The van der Waals surface area contributed by atoms with Crippen molar-refractivity contribution in [1.82, 2.24) is 10.2 Å². The molecule has 0 spiro atoms. The molecule has 0 fully saturated rings. The van der Waals surface area contributed by atoms with Gasteiger partial charge in [-0.25, -0.2) is 0 Å². The molecule has 0 saturated heterocycles. The van der Waals surface area contributed by atoms with Gasteiger partial charge in [0.1, 0.15) is 5.01 Å². The summed E-state index contributed by atoms with van der Waals surface area (Å²) in [6.45, 7) is 4.29. The second-order valence-electron chi connectivity index (χ2n) is 5.59. The molecule has 0 aliphatic rings. The minimum absolute atomic E-state index is 0.326. The summed E-state index contributed by atoms with van der Waals surface area (Å²) in [4.78, 5) is 12.1. The van der Waals surface area contributed by atoms with Crippen molar-refractivity contribution >= 4 is 22.4 Å². The van der Waals surface area contributed by atoms with Crippen molar-refractivity contribution < 1.29 is 9.52 Å². The predicted octanol–water partition coefficient (Wildman–Crippen LogP) is 3.21. The number of hydrogen-bond donors (Lipinski definition) is 1. The first kappa shape index (κ1) is 16.1. The summed E-state index contributed by atoms with van der Waals surface area (Å²) < 4.78 is 0.626. The molecule has 6 nitrogen and oxygen atoms in total. The van der Waals surface area contributed by atoms with Crippen LogP contribution in [0.2, 0.25) is 0 Å². The van der Waals surface area contributed by atoms with Crippen molar-refractivity contribution in [2.75, 3.05) is 5.32 Å². The lowest BCUT2D eigenvalue weighted by molar-refractivity contribution is -0.605. The Morgan fingerprint density at radius 3 is 2.42 bits per heavy atom. The van der Waals surface area contributed by atoms with Gasteiger partial charge in [0.2, 0.25) is 5.13 Å². The van der Waals surface area contributed by atoms with E-state index in [-0.39, 0.29) is 5.91 Å². The Hall–Kier alpha value is -2.80. The van der Waals surface area contributed by atoms with Gasteiger partial charge in [-0.1, -0.05) is 49.4 Å². The number of benzene rings is 1. The van der Waals surface area contributed by atoms with E-state index in [2.05, 4.69) is 41.5 Å². The zero-order valence-electron chi connectivity index (χ0n) is 13.3. The lowest BCUT2D eigenvalue weighted by atomic mass is 10.0. The minimum Gasteiger partial charge on any atom is -0.619 e. The molecule has 3 aromatic rings. The number of carbonyl (C=O) groups excluding carboxylic acids is 1. The highest BCUT2D eigenvalue weighted by atomic mass is 32.1. The Bertz CT molecular complexity index is 842. The summed E-state index contributed by atoms with van der Waals surface area (Å²) in [5.41, 5.74) is 2.61. The fourth-order valence-electron chi connectivity index (χ4n) is 2.13. The van der Waals surface area contributed by atoms with Crippen LogP contribution < -0.4 is 10.0 Å². The van der Waals surface area contributed by atoms with Gasteiger partial charge >= 0.3 is 0 Å². The summed E-state index contributed by atoms with van der Waals surface area (Å²) in [6.07, 6.45) is 2.55. The number of nitrogens with one attached hydrogen (secondary N) is 1. The fraction of sp³-hybridized carbons (Fsp3) is 0.176. The number of aromatic nitrogens is 3. The molecular weight excluding hydrogens is 324 g/mol. The Labute approximate surface area is 143 Å². The molecule has 122 valence electrons. The number of nitrogens with zero attached hydrogens (tertiary/aromatic N) is 3. The molecule has 24 heavy (non-hydrogen) atoms. The third kappa shape index (κ3) is 3.57. The molecule has 0 saturated carbocycles. The van der Waals surface area contributed by atoms with Crippen LogP contribution in [-0.2, 0) is 0 Å². The molecule has 3 rings (SSSR count). The summed E-state index contributed by atoms with van der Waals surface area (Å²) in [5.74, 6) is 0.149. The number of carbonyl (C=O) groups is 1. The first-order valence-electron chi connectivity index (χ1n) is 7.47. The van der Waals surface area contributed by atoms with Gasteiger partial charge in [0.15, 0.2) is 12.4 Å². The van der Waals surface area contributed by atoms with Crippen LogP contribution in [0.25, 0.3) is 10.6 Å². The Morgan fingerprint density at radius 2 is 1.79 bits per heavy atom. The monoisotopic (exact) mass is 340 g/mol. The van der Waals surface area contributed by atoms with Crippen LogP contribution in [0, 0.1) is 5.21 Å². The van der Waals surface area contributed by atoms with Crippen LogP contribution >= 0.6 is 11.3 Å². The predicted molar refractivity (Wildman–Crippen MR) is 92.8 cm³/mol. The highest BCUT2D eigenvalue weighted by Gasteiger charge is 2.12. The molecule has 0 radical (unpaired) electrons. The van der Waals surface area contributed by atoms with Gasteiger partial charge in [0.25, 0.3) is 5.91 Å². The van der Waals surface area contributed by atoms with Crippen molar-refractivity contribution in [3.05, 3.63) is 65.1 Å². The van der Waals surface area contributed by atoms with Gasteiger partial charge < -0.3 is 5.21 Å². The molecule has 0 unspecified atom stereocenters. The largest absolute Gasteiger partial charge is 0.619 e. The third-order valence-electron chi connectivity index (χ3n) is 3.53. The second-order valence-corrected chi connectivity index (χ2v) is 6.57. The molecule has 7 heteroatoms. The molecule has 2 heterocycles. The SMILES string of the molecule is CC(C)c1ccc(-c2nnc(NC(=O)c3cc[n+]([O-])cc3)s2)cc1. The van der Waals surface area contributed by atoms with Crippen molar-refractivity contribution in [2.24, 2.45) is 0 Å². The average molecular weight is 340 g/mol. The van der Waals surface area contributed by atoms with Gasteiger partial charge in [-0.05, 0) is 11.5 Å². The third-order valence-corrected chi connectivity index (χ3v) is 4.42. The summed E-state index contributed by atoms with van der Waals surface area (Å²) in [5, 5.41) is 23.0. The van der Waals surface area contributed by atoms with Gasteiger partial charge in [-0.3, -0.25) is 10.1 Å². The highest BCUT2D eigenvalue weighted by molar-refractivity contribution is 7.18. The maximum atomic E-state index is 12.1. The number of anilines is 1. The van der Waals surface area contributed by atoms with Crippen molar-refractivity contribution in [3.63, 3.8) is 0 Å². The average Bonchev–Trinajstić information content (AvgIpc) is 3.04. The zero-order chi connectivity index (χ0) is 17.1. The van der Waals surface area contributed by atoms with Gasteiger partial charge in [0.05, 0.1) is 5.56 Å². The van der Waals surface area contributed by atoms with E-state index in [0.717, 1.165) is 10.6 Å². The van der Waals surface area contributed by atoms with Gasteiger partial charge in [-0.15, -0.1) is 10.2 Å². The number of rotatable bonds is 4. The van der Waals surface area contributed by atoms with E-state index < -0.39 is 0 Å². The second kappa shape index (κ2) is 6.76. The van der Waals surface area contributed by atoms with E-state index in [4.69, 9.17) is 0 Å².